The van der Waals surface area contributed by atoms with Gasteiger partial charge in [0.25, 0.3) is 0 Å². The molecule has 1 saturated heterocycles. The summed E-state index contributed by atoms with van der Waals surface area (Å²) in [4.78, 5) is 6.89. The highest BCUT2D eigenvalue weighted by atomic mass is 15.1. The van der Waals surface area contributed by atoms with Crippen LogP contribution in [0.5, 0.6) is 0 Å². The summed E-state index contributed by atoms with van der Waals surface area (Å²) in [5, 5.41) is 3.59. The van der Waals surface area contributed by atoms with E-state index in [1.54, 1.807) is 0 Å². The Labute approximate surface area is 97.9 Å². The molecule has 1 atom stereocenters. The van der Waals surface area contributed by atoms with E-state index in [4.69, 9.17) is 0 Å². The van der Waals surface area contributed by atoms with E-state index in [2.05, 4.69) is 34.4 Å². The highest BCUT2D eigenvalue weighted by Gasteiger charge is 2.16. The van der Waals surface area contributed by atoms with Gasteiger partial charge in [-0.25, -0.2) is 0 Å². The number of nitrogens with zero attached hydrogens (tertiary/aromatic N) is 2. The Kier molecular flexibility index (Phi) is 3.91. The van der Waals surface area contributed by atoms with E-state index in [1.165, 1.54) is 19.4 Å². The van der Waals surface area contributed by atoms with Gasteiger partial charge in [-0.15, -0.1) is 0 Å². The molecule has 16 heavy (non-hydrogen) atoms. The van der Waals surface area contributed by atoms with E-state index in [0.29, 0.717) is 6.04 Å². The van der Waals surface area contributed by atoms with Crippen molar-refractivity contribution in [2.24, 2.45) is 0 Å². The van der Waals surface area contributed by atoms with E-state index in [1.807, 2.05) is 13.0 Å². The van der Waals surface area contributed by atoms with Crippen molar-refractivity contribution in [3.05, 3.63) is 29.6 Å². The number of hydrogen-bond acceptors (Lipinski definition) is 3. The zero-order chi connectivity index (χ0) is 11.4. The molecule has 0 saturated carbocycles. The van der Waals surface area contributed by atoms with Crippen LogP contribution < -0.4 is 5.32 Å². The Bertz CT molecular complexity index is 338. The molecule has 1 aliphatic heterocycles. The molecule has 0 aromatic carbocycles. The Morgan fingerprint density at radius 2 is 2.38 bits per heavy atom. The predicted molar refractivity (Wildman–Crippen MR) is 66.3 cm³/mol. The van der Waals surface area contributed by atoms with Crippen molar-refractivity contribution in [3.8, 4) is 0 Å². The normalized spacial score (nSPS) is 22.2. The second-order valence-electron chi connectivity index (χ2n) is 4.75. The summed E-state index contributed by atoms with van der Waals surface area (Å²) in [5.41, 5.74) is 2.24. The number of aromatic nitrogens is 1. The van der Waals surface area contributed by atoms with Crippen LogP contribution in [0.1, 0.15) is 24.2 Å². The molecule has 0 amide bonds. The highest BCUT2D eigenvalue weighted by molar-refractivity contribution is 5.09. The molecule has 1 fully saturated rings. The SMILES string of the molecule is Cc1cccc(CNC2CCCN(C)C2)n1. The maximum absolute atomic E-state index is 4.50. The van der Waals surface area contributed by atoms with Gasteiger partial charge in [-0.05, 0) is 45.5 Å². The van der Waals surface area contributed by atoms with E-state index < -0.39 is 0 Å². The van der Waals surface area contributed by atoms with Crippen LogP contribution in [0, 0.1) is 6.92 Å². The number of likely N-dealkylation sites (tertiary alicyclic amines) is 1. The Morgan fingerprint density at radius 3 is 3.12 bits per heavy atom. The lowest BCUT2D eigenvalue weighted by molar-refractivity contribution is 0.226. The number of nitrogens with one attached hydrogen (secondary N) is 1. The van der Waals surface area contributed by atoms with Crippen LogP contribution in [-0.2, 0) is 6.54 Å². The number of likely N-dealkylation sites (N-methyl/N-ethyl adjacent to an activating group) is 1. The van der Waals surface area contributed by atoms with Crippen LogP contribution in [0.15, 0.2) is 18.2 Å². The maximum Gasteiger partial charge on any atom is 0.0544 e. The number of aryl methyl sites for hydroxylation is 1. The first-order valence-corrected chi connectivity index (χ1v) is 6.08. The zero-order valence-corrected chi connectivity index (χ0v) is 10.2. The highest BCUT2D eigenvalue weighted by Crippen LogP contribution is 2.08. The van der Waals surface area contributed by atoms with Gasteiger partial charge in [0, 0.05) is 24.8 Å². The summed E-state index contributed by atoms with van der Waals surface area (Å²) in [6.07, 6.45) is 2.59. The van der Waals surface area contributed by atoms with Crippen LogP contribution in [-0.4, -0.2) is 36.1 Å². The first-order chi connectivity index (χ1) is 7.74. The van der Waals surface area contributed by atoms with Crippen molar-refractivity contribution in [2.45, 2.75) is 32.4 Å². The second-order valence-corrected chi connectivity index (χ2v) is 4.75. The molecule has 1 unspecified atom stereocenters. The molecule has 2 rings (SSSR count). The third-order valence-electron chi connectivity index (χ3n) is 3.14. The fraction of sp³-hybridized carbons (Fsp3) is 0.615. The van der Waals surface area contributed by atoms with Gasteiger partial charge >= 0.3 is 0 Å². The maximum atomic E-state index is 4.50. The van der Waals surface area contributed by atoms with Gasteiger partial charge in [0.05, 0.1) is 5.69 Å². The first-order valence-electron chi connectivity index (χ1n) is 6.08. The summed E-state index contributed by atoms with van der Waals surface area (Å²) in [7, 11) is 2.19. The molecule has 3 heteroatoms. The minimum Gasteiger partial charge on any atom is -0.307 e. The molecular weight excluding hydrogens is 198 g/mol. The molecule has 0 radical (unpaired) electrons. The average Bonchev–Trinajstić information content (AvgIpc) is 2.27. The Balaban J connectivity index is 1.82. The molecule has 0 aliphatic carbocycles. The Morgan fingerprint density at radius 1 is 1.50 bits per heavy atom. The van der Waals surface area contributed by atoms with Crippen LogP contribution in [0.2, 0.25) is 0 Å². The minimum atomic E-state index is 0.626. The molecule has 1 aromatic rings. The predicted octanol–water partition coefficient (Wildman–Crippen LogP) is 1.57. The lowest BCUT2D eigenvalue weighted by Crippen LogP contribution is -2.43. The van der Waals surface area contributed by atoms with Crippen LogP contribution in [0.25, 0.3) is 0 Å². The molecular formula is C13H21N3. The lowest BCUT2D eigenvalue weighted by Gasteiger charge is -2.30. The van der Waals surface area contributed by atoms with Crippen molar-refractivity contribution in [3.63, 3.8) is 0 Å². The molecule has 0 bridgehead atoms. The van der Waals surface area contributed by atoms with Crippen molar-refractivity contribution in [1.29, 1.82) is 0 Å². The molecule has 0 spiro atoms. The Hall–Kier alpha value is -0.930. The fourth-order valence-electron chi connectivity index (χ4n) is 2.28. The van der Waals surface area contributed by atoms with E-state index in [9.17, 15) is 0 Å². The standard InChI is InChI=1S/C13H21N3/c1-11-5-3-6-12(15-11)9-14-13-7-4-8-16(2)10-13/h3,5-6,13-14H,4,7-10H2,1-2H3. The topological polar surface area (TPSA) is 28.2 Å². The molecule has 1 aromatic heterocycles. The quantitative estimate of drug-likeness (QED) is 0.836. The number of rotatable bonds is 3. The number of piperidine rings is 1. The van der Waals surface area contributed by atoms with Crippen LogP contribution in [0.3, 0.4) is 0 Å². The van der Waals surface area contributed by atoms with Crippen molar-refractivity contribution in [1.82, 2.24) is 15.2 Å². The summed E-state index contributed by atoms with van der Waals surface area (Å²) >= 11 is 0. The number of hydrogen-bond donors (Lipinski definition) is 1. The van der Waals surface area contributed by atoms with Gasteiger partial charge in [-0.1, -0.05) is 6.07 Å². The molecule has 1 N–H and O–H groups in total. The lowest BCUT2D eigenvalue weighted by atomic mass is 10.1. The molecule has 3 nitrogen and oxygen atoms in total. The van der Waals surface area contributed by atoms with Gasteiger partial charge in [0.1, 0.15) is 0 Å². The third-order valence-corrected chi connectivity index (χ3v) is 3.14. The summed E-state index contributed by atoms with van der Waals surface area (Å²) < 4.78 is 0. The molecule has 2 heterocycles. The van der Waals surface area contributed by atoms with Gasteiger partial charge in [-0.2, -0.15) is 0 Å². The summed E-state index contributed by atoms with van der Waals surface area (Å²) in [5.74, 6) is 0. The largest absolute Gasteiger partial charge is 0.307 e. The van der Waals surface area contributed by atoms with E-state index >= 15 is 0 Å². The minimum absolute atomic E-state index is 0.626. The molecule has 1 aliphatic rings. The average molecular weight is 219 g/mol. The van der Waals surface area contributed by atoms with Crippen LogP contribution in [0.4, 0.5) is 0 Å². The van der Waals surface area contributed by atoms with Gasteiger partial charge < -0.3 is 10.2 Å². The van der Waals surface area contributed by atoms with Crippen molar-refractivity contribution in [2.75, 3.05) is 20.1 Å². The van der Waals surface area contributed by atoms with E-state index in [-0.39, 0.29) is 0 Å². The van der Waals surface area contributed by atoms with Gasteiger partial charge in [0.15, 0.2) is 0 Å². The van der Waals surface area contributed by atoms with Gasteiger partial charge in [0.2, 0.25) is 0 Å². The monoisotopic (exact) mass is 219 g/mol. The smallest absolute Gasteiger partial charge is 0.0544 e. The zero-order valence-electron chi connectivity index (χ0n) is 10.2. The van der Waals surface area contributed by atoms with Crippen molar-refractivity contribution >= 4 is 0 Å². The number of pyridine rings is 1. The van der Waals surface area contributed by atoms with E-state index in [0.717, 1.165) is 24.5 Å². The third kappa shape index (κ3) is 3.29. The van der Waals surface area contributed by atoms with Gasteiger partial charge in [-0.3, -0.25) is 4.98 Å². The summed E-state index contributed by atoms with van der Waals surface area (Å²) in [6, 6.07) is 6.83. The molecule has 88 valence electrons. The summed E-state index contributed by atoms with van der Waals surface area (Å²) in [6.45, 7) is 5.32. The van der Waals surface area contributed by atoms with Crippen molar-refractivity contribution < 1.29 is 0 Å². The second kappa shape index (κ2) is 5.41. The fourth-order valence-corrected chi connectivity index (χ4v) is 2.28. The first kappa shape index (κ1) is 11.6. The van der Waals surface area contributed by atoms with Crippen LogP contribution >= 0.6 is 0 Å².